The van der Waals surface area contributed by atoms with E-state index in [0.717, 1.165) is 26.2 Å². The molecule has 0 saturated carbocycles. The monoisotopic (exact) mass is 187 g/mol. The molecule has 0 bridgehead atoms. The van der Waals surface area contributed by atoms with E-state index in [1.165, 1.54) is 0 Å². The summed E-state index contributed by atoms with van der Waals surface area (Å²) in [5, 5.41) is 6.61. The van der Waals surface area contributed by atoms with Crippen molar-refractivity contribution >= 4 is 0 Å². The molecule has 0 aromatic rings. The van der Waals surface area contributed by atoms with Crippen LogP contribution in [-0.4, -0.2) is 50.7 Å². The summed E-state index contributed by atoms with van der Waals surface area (Å²) < 4.78 is 0. The van der Waals surface area contributed by atoms with Crippen LogP contribution in [0.5, 0.6) is 0 Å². The number of nitrogens with zero attached hydrogens (tertiary/aromatic N) is 1. The third-order valence-electron chi connectivity index (χ3n) is 1.89. The first kappa shape index (κ1) is 12.9. The molecular formula is C10H25N3. The van der Waals surface area contributed by atoms with Crippen molar-refractivity contribution in [2.45, 2.75) is 26.3 Å². The molecule has 0 aromatic heterocycles. The molecule has 80 valence electrons. The first-order chi connectivity index (χ1) is 5.95. The fourth-order valence-corrected chi connectivity index (χ4v) is 1.04. The fraction of sp³-hybridized carbons (Fsp3) is 1.00. The van der Waals surface area contributed by atoms with Gasteiger partial charge in [0.1, 0.15) is 0 Å². The van der Waals surface area contributed by atoms with Crippen LogP contribution in [0.25, 0.3) is 0 Å². The normalized spacial score (nSPS) is 12.5. The van der Waals surface area contributed by atoms with Crippen LogP contribution in [0, 0.1) is 0 Å². The molecule has 3 nitrogen and oxygen atoms in total. The molecule has 0 rings (SSSR count). The molecular weight excluding hydrogens is 162 g/mol. The second kappa shape index (κ2) is 6.35. The van der Waals surface area contributed by atoms with Gasteiger partial charge >= 0.3 is 0 Å². The zero-order valence-electron chi connectivity index (χ0n) is 9.78. The number of rotatable bonds is 6. The summed E-state index contributed by atoms with van der Waals surface area (Å²) in [4.78, 5) is 2.33. The number of nitrogens with one attached hydrogen (secondary N) is 2. The van der Waals surface area contributed by atoms with E-state index in [0.29, 0.717) is 0 Å². The number of hydrogen-bond donors (Lipinski definition) is 2. The minimum absolute atomic E-state index is 0.240. The Labute approximate surface area is 82.9 Å². The van der Waals surface area contributed by atoms with Gasteiger partial charge in [0.2, 0.25) is 0 Å². The highest BCUT2D eigenvalue weighted by Crippen LogP contribution is 1.96. The van der Waals surface area contributed by atoms with E-state index in [9.17, 15) is 0 Å². The Balaban J connectivity index is 3.31. The van der Waals surface area contributed by atoms with Crippen molar-refractivity contribution in [3.63, 3.8) is 0 Å². The molecule has 0 amide bonds. The Morgan fingerprint density at radius 1 is 1.08 bits per heavy atom. The van der Waals surface area contributed by atoms with Crippen molar-refractivity contribution in [1.82, 2.24) is 15.5 Å². The number of hydrogen-bond acceptors (Lipinski definition) is 3. The molecule has 2 N–H and O–H groups in total. The lowest BCUT2D eigenvalue weighted by atomic mass is 10.1. The highest BCUT2D eigenvalue weighted by atomic mass is 15.1. The van der Waals surface area contributed by atoms with Crippen molar-refractivity contribution in [2.75, 3.05) is 40.3 Å². The lowest BCUT2D eigenvalue weighted by Crippen LogP contribution is -2.41. The second-order valence-electron chi connectivity index (χ2n) is 4.58. The van der Waals surface area contributed by atoms with Gasteiger partial charge in [0.15, 0.2) is 0 Å². The Morgan fingerprint density at radius 3 is 2.08 bits per heavy atom. The Kier molecular flexibility index (Phi) is 6.29. The molecule has 0 unspecified atom stereocenters. The van der Waals surface area contributed by atoms with Gasteiger partial charge in [-0.1, -0.05) is 0 Å². The summed E-state index contributed by atoms with van der Waals surface area (Å²) in [6.07, 6.45) is 0. The van der Waals surface area contributed by atoms with Crippen LogP contribution in [0.15, 0.2) is 0 Å². The average Bonchev–Trinajstić information content (AvgIpc) is 1.98. The van der Waals surface area contributed by atoms with Gasteiger partial charge in [-0.2, -0.15) is 0 Å². The van der Waals surface area contributed by atoms with Gasteiger partial charge in [0.25, 0.3) is 0 Å². The van der Waals surface area contributed by atoms with Gasteiger partial charge in [-0.3, -0.25) is 0 Å². The molecule has 0 radical (unpaired) electrons. The molecule has 0 aromatic carbocycles. The minimum Gasteiger partial charge on any atom is -0.318 e. The van der Waals surface area contributed by atoms with Crippen molar-refractivity contribution in [3.8, 4) is 0 Å². The summed E-state index contributed by atoms with van der Waals surface area (Å²) >= 11 is 0. The van der Waals surface area contributed by atoms with Crippen LogP contribution in [0.4, 0.5) is 0 Å². The fourth-order valence-electron chi connectivity index (χ4n) is 1.04. The zero-order chi connectivity index (χ0) is 10.3. The standard InChI is InChI=1S/C10H25N3/c1-10(2,3)12-7-9-13(5)8-6-11-4/h11-12H,6-9H2,1-5H3. The molecule has 0 aliphatic rings. The van der Waals surface area contributed by atoms with E-state index in [1.54, 1.807) is 0 Å². The Bertz CT molecular complexity index is 118. The summed E-state index contributed by atoms with van der Waals surface area (Å²) in [6.45, 7) is 10.9. The van der Waals surface area contributed by atoms with Crippen molar-refractivity contribution in [1.29, 1.82) is 0 Å². The maximum atomic E-state index is 3.47. The van der Waals surface area contributed by atoms with Gasteiger partial charge in [-0.15, -0.1) is 0 Å². The third-order valence-corrected chi connectivity index (χ3v) is 1.89. The van der Waals surface area contributed by atoms with E-state index >= 15 is 0 Å². The molecule has 0 aliphatic carbocycles. The Morgan fingerprint density at radius 2 is 1.62 bits per heavy atom. The predicted molar refractivity (Wildman–Crippen MR) is 59.2 cm³/mol. The molecule has 0 aliphatic heterocycles. The van der Waals surface area contributed by atoms with E-state index in [4.69, 9.17) is 0 Å². The highest BCUT2D eigenvalue weighted by molar-refractivity contribution is 4.70. The molecule has 0 fully saturated rings. The van der Waals surface area contributed by atoms with E-state index in [-0.39, 0.29) is 5.54 Å². The SMILES string of the molecule is CNCCN(C)CCNC(C)(C)C. The molecule has 0 heterocycles. The lowest BCUT2D eigenvalue weighted by Gasteiger charge is -2.23. The Hall–Kier alpha value is -0.120. The first-order valence-electron chi connectivity index (χ1n) is 5.04. The van der Waals surface area contributed by atoms with Gasteiger partial charge in [-0.05, 0) is 34.9 Å². The van der Waals surface area contributed by atoms with Gasteiger partial charge < -0.3 is 15.5 Å². The van der Waals surface area contributed by atoms with Crippen LogP contribution < -0.4 is 10.6 Å². The molecule has 3 heteroatoms. The van der Waals surface area contributed by atoms with E-state index in [1.807, 2.05) is 7.05 Å². The van der Waals surface area contributed by atoms with E-state index < -0.39 is 0 Å². The second-order valence-corrected chi connectivity index (χ2v) is 4.58. The van der Waals surface area contributed by atoms with Crippen molar-refractivity contribution < 1.29 is 0 Å². The van der Waals surface area contributed by atoms with Gasteiger partial charge in [-0.25, -0.2) is 0 Å². The molecule has 13 heavy (non-hydrogen) atoms. The van der Waals surface area contributed by atoms with Crippen LogP contribution in [0.3, 0.4) is 0 Å². The maximum Gasteiger partial charge on any atom is 0.0105 e. The summed E-state index contributed by atoms with van der Waals surface area (Å²) in [6, 6.07) is 0. The highest BCUT2D eigenvalue weighted by Gasteiger charge is 2.07. The summed E-state index contributed by atoms with van der Waals surface area (Å²) in [5.74, 6) is 0. The molecule has 0 atom stereocenters. The van der Waals surface area contributed by atoms with Crippen LogP contribution in [0.2, 0.25) is 0 Å². The van der Waals surface area contributed by atoms with Crippen molar-refractivity contribution in [2.24, 2.45) is 0 Å². The maximum absolute atomic E-state index is 3.47. The predicted octanol–water partition coefficient (Wildman–Crippen LogP) is 0.526. The van der Waals surface area contributed by atoms with Crippen LogP contribution in [0.1, 0.15) is 20.8 Å². The average molecular weight is 187 g/mol. The largest absolute Gasteiger partial charge is 0.318 e. The summed E-state index contributed by atoms with van der Waals surface area (Å²) in [7, 11) is 4.14. The quantitative estimate of drug-likeness (QED) is 0.635. The zero-order valence-corrected chi connectivity index (χ0v) is 9.78. The third kappa shape index (κ3) is 9.80. The first-order valence-corrected chi connectivity index (χ1v) is 5.04. The lowest BCUT2D eigenvalue weighted by molar-refractivity contribution is 0.310. The minimum atomic E-state index is 0.240. The molecule has 0 saturated heterocycles. The summed E-state index contributed by atoms with van der Waals surface area (Å²) in [5.41, 5.74) is 0.240. The van der Waals surface area contributed by atoms with Crippen LogP contribution >= 0.6 is 0 Å². The van der Waals surface area contributed by atoms with Gasteiger partial charge in [0, 0.05) is 31.7 Å². The molecule has 0 spiro atoms. The van der Waals surface area contributed by atoms with Crippen LogP contribution in [-0.2, 0) is 0 Å². The van der Waals surface area contributed by atoms with Gasteiger partial charge in [0.05, 0.1) is 0 Å². The smallest absolute Gasteiger partial charge is 0.0105 e. The van der Waals surface area contributed by atoms with Crippen molar-refractivity contribution in [3.05, 3.63) is 0 Å². The van der Waals surface area contributed by atoms with E-state index in [2.05, 4.69) is 43.4 Å². The topological polar surface area (TPSA) is 27.3 Å². The number of likely N-dealkylation sites (N-methyl/N-ethyl adjacent to an activating group) is 2.